The molecule has 0 unspecified atom stereocenters. The summed E-state index contributed by atoms with van der Waals surface area (Å²) in [5.74, 6) is -1.87. The molecule has 0 saturated carbocycles. The number of methoxy groups -OCH3 is 1. The van der Waals surface area contributed by atoms with Crippen molar-refractivity contribution in [2.45, 2.75) is 13.0 Å². The van der Waals surface area contributed by atoms with Crippen LogP contribution in [0.1, 0.15) is 21.1 Å². The van der Waals surface area contributed by atoms with Gasteiger partial charge >= 0.3 is 6.11 Å². The Morgan fingerprint density at radius 2 is 1.89 bits per heavy atom. The van der Waals surface area contributed by atoms with Gasteiger partial charge in [-0.2, -0.15) is 8.78 Å². The van der Waals surface area contributed by atoms with Crippen LogP contribution in [0.4, 0.5) is 18.3 Å². The van der Waals surface area contributed by atoms with Gasteiger partial charge in [-0.3, -0.25) is 15.1 Å². The van der Waals surface area contributed by atoms with Crippen LogP contribution in [0.3, 0.4) is 0 Å². The summed E-state index contributed by atoms with van der Waals surface area (Å²) in [6, 6.07) is 6.73. The Hall–Kier alpha value is -3.48. The van der Waals surface area contributed by atoms with Gasteiger partial charge in [0.1, 0.15) is 5.75 Å². The molecule has 0 saturated heterocycles. The van der Waals surface area contributed by atoms with Gasteiger partial charge in [0.15, 0.2) is 5.82 Å². The molecule has 4 rings (SSSR count). The molecule has 36 heavy (non-hydrogen) atoms. The smallest absolute Gasteiger partial charge is 0.457 e. The van der Waals surface area contributed by atoms with Crippen molar-refractivity contribution in [3.05, 3.63) is 74.9 Å². The maximum absolute atomic E-state index is 15.0. The van der Waals surface area contributed by atoms with Crippen molar-refractivity contribution < 1.29 is 27.4 Å². The summed E-state index contributed by atoms with van der Waals surface area (Å²) >= 11 is 12.0. The van der Waals surface area contributed by atoms with Gasteiger partial charge in [0.05, 0.1) is 28.3 Å². The van der Waals surface area contributed by atoms with Crippen molar-refractivity contribution in [1.82, 2.24) is 20.2 Å². The van der Waals surface area contributed by atoms with Crippen molar-refractivity contribution in [1.29, 1.82) is 0 Å². The number of hydrogen-bond acceptors (Lipinski definition) is 8. The fourth-order valence-corrected chi connectivity index (χ4v) is 3.97. The average Bonchev–Trinajstić information content (AvgIpc) is 3.31. The zero-order valence-corrected chi connectivity index (χ0v) is 20.7. The molecular weight excluding hydrogens is 542 g/mol. The molecular formula is C22H14Cl2F3N5O3S. The molecule has 8 nitrogen and oxygen atoms in total. The molecule has 0 aliphatic carbocycles. The zero-order valence-electron chi connectivity index (χ0n) is 18.4. The second-order valence-electron chi connectivity index (χ2n) is 7.11. The molecule has 0 radical (unpaired) electrons. The number of carbonyl (C=O) groups is 1. The summed E-state index contributed by atoms with van der Waals surface area (Å²) in [4.78, 5) is 20.8. The minimum Gasteiger partial charge on any atom is -0.496 e. The number of halogens is 5. The molecule has 1 N–H and O–H groups in total. The van der Waals surface area contributed by atoms with Crippen molar-refractivity contribution in [3.8, 4) is 22.8 Å². The highest BCUT2D eigenvalue weighted by Crippen LogP contribution is 2.39. The van der Waals surface area contributed by atoms with Crippen LogP contribution < -0.4 is 14.8 Å². The highest BCUT2D eigenvalue weighted by Gasteiger charge is 2.40. The molecule has 4 aromatic rings. The van der Waals surface area contributed by atoms with Crippen molar-refractivity contribution in [2.75, 3.05) is 12.4 Å². The Morgan fingerprint density at radius 1 is 1.11 bits per heavy atom. The summed E-state index contributed by atoms with van der Waals surface area (Å²) < 4.78 is 53.9. The third-order valence-electron chi connectivity index (χ3n) is 4.66. The number of alkyl halides is 2. The highest BCUT2D eigenvalue weighted by molar-refractivity contribution is 7.15. The van der Waals surface area contributed by atoms with Crippen LogP contribution in [0, 0.1) is 12.7 Å². The molecule has 0 atom stereocenters. The van der Waals surface area contributed by atoms with Gasteiger partial charge in [-0.1, -0.05) is 34.5 Å². The van der Waals surface area contributed by atoms with Crippen LogP contribution in [-0.4, -0.2) is 33.2 Å². The van der Waals surface area contributed by atoms with Crippen LogP contribution in [0.2, 0.25) is 10.0 Å². The Morgan fingerprint density at radius 3 is 2.58 bits per heavy atom. The third-order valence-corrected chi connectivity index (χ3v) is 6.06. The van der Waals surface area contributed by atoms with E-state index in [2.05, 4.69) is 30.2 Å². The minimum atomic E-state index is -3.89. The Kier molecular flexibility index (Phi) is 7.29. The van der Waals surface area contributed by atoms with E-state index in [9.17, 15) is 18.0 Å². The summed E-state index contributed by atoms with van der Waals surface area (Å²) in [7, 11) is 1.34. The molecule has 3 heterocycles. The second-order valence-corrected chi connectivity index (χ2v) is 8.93. The monoisotopic (exact) mass is 555 g/mol. The largest absolute Gasteiger partial charge is 0.496 e. The summed E-state index contributed by atoms with van der Waals surface area (Å²) in [5.41, 5.74) is 0.469. The number of rotatable bonds is 7. The van der Waals surface area contributed by atoms with Crippen molar-refractivity contribution in [3.63, 3.8) is 0 Å². The molecule has 0 aliphatic heterocycles. The van der Waals surface area contributed by atoms with Crippen LogP contribution in [0.15, 0.2) is 42.7 Å². The van der Waals surface area contributed by atoms with Gasteiger partial charge in [-0.15, -0.1) is 10.2 Å². The van der Waals surface area contributed by atoms with Crippen molar-refractivity contribution in [2.24, 2.45) is 0 Å². The molecule has 0 aliphatic rings. The molecule has 1 aromatic carbocycles. The number of nitrogens with zero attached hydrogens (tertiary/aromatic N) is 4. The van der Waals surface area contributed by atoms with Crippen molar-refractivity contribution >= 4 is 45.6 Å². The normalized spacial score (nSPS) is 11.3. The van der Waals surface area contributed by atoms with E-state index < -0.39 is 28.7 Å². The van der Waals surface area contributed by atoms with E-state index in [0.717, 1.165) is 12.3 Å². The number of carbonyl (C=O) groups excluding carboxylic acids is 1. The number of benzene rings is 1. The van der Waals surface area contributed by atoms with Gasteiger partial charge in [0.25, 0.3) is 5.91 Å². The maximum atomic E-state index is 15.0. The third kappa shape index (κ3) is 5.35. The molecule has 0 bridgehead atoms. The Balaban J connectivity index is 1.62. The lowest BCUT2D eigenvalue weighted by Gasteiger charge is -2.15. The fraction of sp³-hybridized carbons (Fsp3) is 0.136. The first-order valence-corrected chi connectivity index (χ1v) is 11.5. The number of amides is 1. The topological polar surface area (TPSA) is 99.1 Å². The summed E-state index contributed by atoms with van der Waals surface area (Å²) in [5, 5.41) is 8.33. The molecule has 1 amide bonds. The molecule has 0 spiro atoms. The predicted molar refractivity (Wildman–Crippen MR) is 128 cm³/mol. The van der Waals surface area contributed by atoms with Gasteiger partial charge < -0.3 is 9.47 Å². The van der Waals surface area contributed by atoms with Crippen LogP contribution in [0.5, 0.6) is 11.6 Å². The van der Waals surface area contributed by atoms with E-state index in [1.807, 2.05) is 0 Å². The molecule has 0 fully saturated rings. The lowest BCUT2D eigenvalue weighted by atomic mass is 9.98. The molecule has 14 heteroatoms. The highest BCUT2D eigenvalue weighted by atomic mass is 35.5. The molecule has 186 valence electrons. The van der Waals surface area contributed by atoms with Crippen LogP contribution >= 0.6 is 34.5 Å². The van der Waals surface area contributed by atoms with E-state index in [0.29, 0.717) is 17.0 Å². The second kappa shape index (κ2) is 10.2. The number of hydrogen-bond donors (Lipinski definition) is 1. The zero-order chi connectivity index (χ0) is 26.0. The first kappa shape index (κ1) is 25.6. The first-order valence-electron chi connectivity index (χ1n) is 9.91. The molecule has 3 aromatic heterocycles. The number of ether oxygens (including phenoxy) is 2. The Labute approximate surface area is 216 Å². The number of nitrogens with one attached hydrogen (secondary N) is 1. The van der Waals surface area contributed by atoms with E-state index >= 15 is 0 Å². The number of aromatic nitrogens is 4. The van der Waals surface area contributed by atoms with Gasteiger partial charge in [0, 0.05) is 29.7 Å². The lowest BCUT2D eigenvalue weighted by molar-refractivity contribution is -0.187. The number of pyridine rings is 2. The van der Waals surface area contributed by atoms with Crippen LogP contribution in [-0.2, 0) is 6.11 Å². The summed E-state index contributed by atoms with van der Waals surface area (Å²) in [6.07, 6.45) is -1.54. The summed E-state index contributed by atoms with van der Waals surface area (Å²) in [6.45, 7) is 1.65. The number of aryl methyl sites for hydroxylation is 1. The average molecular weight is 556 g/mol. The van der Waals surface area contributed by atoms with Gasteiger partial charge in [-0.05, 0) is 31.2 Å². The quantitative estimate of drug-likeness (QED) is 0.292. The predicted octanol–water partition coefficient (Wildman–Crippen LogP) is 6.14. The van der Waals surface area contributed by atoms with E-state index in [4.69, 9.17) is 27.9 Å². The SMILES string of the molecule is COc1ccc(Cl)c(F)c1-c1cc(C)ncc1C(=O)Nc1nnc(C(F)(F)Oc2ccc(Cl)cn2)s1. The Bertz CT molecular complexity index is 1440. The maximum Gasteiger partial charge on any atom is 0.457 e. The fourth-order valence-electron chi connectivity index (χ4n) is 3.06. The standard InChI is InChI=1S/C22H14Cl2F3N5O3S/c1-10-7-12(17-15(34-2)5-4-14(24)18(17)25)13(9-28-10)19(33)30-21-32-31-20(36-21)22(26,27)35-16-6-3-11(23)8-29-16/h3-9H,1-2H3,(H,30,32,33). The number of anilines is 1. The van der Waals surface area contributed by atoms with Crippen LogP contribution in [0.25, 0.3) is 11.1 Å². The minimum absolute atomic E-state index is 0.0611. The first-order chi connectivity index (χ1) is 17.1. The van der Waals surface area contributed by atoms with E-state index in [1.165, 1.54) is 37.6 Å². The lowest BCUT2D eigenvalue weighted by Crippen LogP contribution is -2.22. The van der Waals surface area contributed by atoms with E-state index in [-0.39, 0.29) is 37.6 Å². The van der Waals surface area contributed by atoms with Gasteiger partial charge in [-0.25, -0.2) is 9.37 Å². The van der Waals surface area contributed by atoms with Gasteiger partial charge in [0.2, 0.25) is 16.0 Å². The van der Waals surface area contributed by atoms with E-state index in [1.54, 1.807) is 6.92 Å².